The number of amides is 2. The lowest BCUT2D eigenvalue weighted by Gasteiger charge is -2.35. The molecule has 40 heavy (non-hydrogen) atoms. The maximum Gasteiger partial charge on any atom is 0.264 e. The van der Waals surface area contributed by atoms with Crippen molar-refractivity contribution >= 4 is 27.5 Å². The standard InChI is InChI=1S/C31H38FN3O4S/c1-7-27(30(37)33-31(4,5)6)34(20-24-14-16-25(32)17-15-24)29(36)21-35(28-18-13-22(2)19-23(28)3)40(38,39)26-11-9-8-10-12-26/h8-19,27H,7,20-21H2,1-6H3,(H,33,37)/t27-/m0/s1. The smallest absolute Gasteiger partial charge is 0.264 e. The van der Waals surface area contributed by atoms with Crippen LogP contribution in [0.25, 0.3) is 0 Å². The molecule has 0 bridgehead atoms. The summed E-state index contributed by atoms with van der Waals surface area (Å²) in [6.07, 6.45) is 0.295. The van der Waals surface area contributed by atoms with Crippen LogP contribution in [0.5, 0.6) is 0 Å². The minimum Gasteiger partial charge on any atom is -0.350 e. The van der Waals surface area contributed by atoms with Gasteiger partial charge in [-0.3, -0.25) is 13.9 Å². The largest absolute Gasteiger partial charge is 0.350 e. The fraction of sp³-hybridized carbons (Fsp3) is 0.355. The van der Waals surface area contributed by atoms with Crippen LogP contribution in [0.15, 0.2) is 77.7 Å². The molecule has 0 unspecified atom stereocenters. The number of hydrogen-bond donors (Lipinski definition) is 1. The second-order valence-corrected chi connectivity index (χ2v) is 12.8. The Labute approximate surface area is 237 Å². The number of nitrogens with one attached hydrogen (secondary N) is 1. The lowest BCUT2D eigenvalue weighted by Crippen LogP contribution is -2.55. The Bertz CT molecular complexity index is 1440. The SMILES string of the molecule is CC[C@@H](C(=O)NC(C)(C)C)N(Cc1ccc(F)cc1)C(=O)CN(c1ccc(C)cc1C)S(=O)(=O)c1ccccc1. The van der Waals surface area contributed by atoms with Crippen molar-refractivity contribution in [2.24, 2.45) is 0 Å². The Morgan fingerprint density at radius 3 is 2.12 bits per heavy atom. The van der Waals surface area contributed by atoms with E-state index in [4.69, 9.17) is 0 Å². The zero-order valence-electron chi connectivity index (χ0n) is 23.9. The molecule has 3 aromatic carbocycles. The number of benzene rings is 3. The summed E-state index contributed by atoms with van der Waals surface area (Å²) in [5.74, 6) is -1.33. The number of anilines is 1. The Hall–Kier alpha value is -3.72. The number of carbonyl (C=O) groups excluding carboxylic acids is 2. The Morgan fingerprint density at radius 2 is 1.57 bits per heavy atom. The fourth-order valence-electron chi connectivity index (χ4n) is 4.48. The molecule has 0 aliphatic heterocycles. The van der Waals surface area contributed by atoms with Crippen LogP contribution in [0.3, 0.4) is 0 Å². The summed E-state index contributed by atoms with van der Waals surface area (Å²) in [5.41, 5.74) is 2.08. The third kappa shape index (κ3) is 7.69. The van der Waals surface area contributed by atoms with E-state index in [2.05, 4.69) is 5.32 Å². The minimum absolute atomic E-state index is 0.00128. The van der Waals surface area contributed by atoms with Crippen molar-refractivity contribution in [3.8, 4) is 0 Å². The quantitative estimate of drug-likeness (QED) is 0.357. The summed E-state index contributed by atoms with van der Waals surface area (Å²) in [6.45, 7) is 10.5. The van der Waals surface area contributed by atoms with Crippen LogP contribution < -0.4 is 9.62 Å². The van der Waals surface area contributed by atoms with Gasteiger partial charge >= 0.3 is 0 Å². The van der Waals surface area contributed by atoms with E-state index in [1.807, 2.05) is 33.8 Å². The first-order valence-electron chi connectivity index (χ1n) is 13.2. The molecule has 0 saturated heterocycles. The third-order valence-corrected chi connectivity index (χ3v) is 8.16. The van der Waals surface area contributed by atoms with Gasteiger partial charge in [0.05, 0.1) is 10.6 Å². The lowest BCUT2D eigenvalue weighted by molar-refractivity contribution is -0.141. The Morgan fingerprint density at radius 1 is 0.950 bits per heavy atom. The first-order valence-corrected chi connectivity index (χ1v) is 14.7. The van der Waals surface area contributed by atoms with Crippen molar-refractivity contribution < 1.29 is 22.4 Å². The normalized spacial score (nSPS) is 12.5. The van der Waals surface area contributed by atoms with E-state index < -0.39 is 39.9 Å². The Kier molecular flexibility index (Phi) is 9.73. The van der Waals surface area contributed by atoms with Crippen molar-refractivity contribution in [1.82, 2.24) is 10.2 Å². The summed E-state index contributed by atoms with van der Waals surface area (Å²) in [7, 11) is -4.14. The van der Waals surface area contributed by atoms with Crippen LogP contribution in [0.2, 0.25) is 0 Å². The molecule has 2 amide bonds. The second kappa shape index (κ2) is 12.6. The molecule has 9 heteroatoms. The number of carbonyl (C=O) groups is 2. The van der Waals surface area contributed by atoms with Crippen LogP contribution in [-0.2, 0) is 26.2 Å². The van der Waals surface area contributed by atoms with Crippen molar-refractivity contribution in [3.05, 3.63) is 95.3 Å². The van der Waals surface area contributed by atoms with Crippen molar-refractivity contribution in [1.29, 1.82) is 0 Å². The van der Waals surface area contributed by atoms with Crippen molar-refractivity contribution in [2.75, 3.05) is 10.8 Å². The van der Waals surface area contributed by atoms with E-state index in [1.54, 1.807) is 56.3 Å². The number of sulfonamides is 1. The van der Waals surface area contributed by atoms with Gasteiger partial charge in [-0.05, 0) is 82.5 Å². The highest BCUT2D eigenvalue weighted by atomic mass is 32.2. The van der Waals surface area contributed by atoms with Gasteiger partial charge in [0.1, 0.15) is 18.4 Å². The molecule has 0 heterocycles. The number of hydrogen-bond acceptors (Lipinski definition) is 4. The van der Waals surface area contributed by atoms with E-state index in [0.717, 1.165) is 9.87 Å². The summed E-state index contributed by atoms with van der Waals surface area (Å²) in [4.78, 5) is 28.9. The molecular formula is C31H38FN3O4S. The third-order valence-electron chi connectivity index (χ3n) is 6.38. The number of nitrogens with zero attached hydrogens (tertiary/aromatic N) is 2. The highest BCUT2D eigenvalue weighted by Gasteiger charge is 2.35. The zero-order chi connectivity index (χ0) is 29.7. The summed E-state index contributed by atoms with van der Waals surface area (Å²) < 4.78 is 42.6. The highest BCUT2D eigenvalue weighted by Crippen LogP contribution is 2.28. The average molecular weight is 568 g/mol. The minimum atomic E-state index is -4.14. The average Bonchev–Trinajstić information content (AvgIpc) is 2.88. The second-order valence-electron chi connectivity index (χ2n) is 10.9. The van der Waals surface area contributed by atoms with Gasteiger partial charge in [-0.15, -0.1) is 0 Å². The molecule has 0 fully saturated rings. The van der Waals surface area contributed by atoms with Crippen molar-refractivity contribution in [3.63, 3.8) is 0 Å². The fourth-order valence-corrected chi connectivity index (χ4v) is 5.98. The van der Waals surface area contributed by atoms with E-state index in [-0.39, 0.29) is 17.3 Å². The van der Waals surface area contributed by atoms with Gasteiger partial charge < -0.3 is 10.2 Å². The molecule has 3 aromatic rings. The Balaban J connectivity index is 2.09. The van der Waals surface area contributed by atoms with Crippen LogP contribution in [0, 0.1) is 19.7 Å². The molecule has 0 spiro atoms. The van der Waals surface area contributed by atoms with Gasteiger partial charge in [0.25, 0.3) is 10.0 Å². The molecule has 0 radical (unpaired) electrons. The van der Waals surface area contributed by atoms with Gasteiger partial charge in [-0.25, -0.2) is 12.8 Å². The maximum atomic E-state index is 14.1. The van der Waals surface area contributed by atoms with Crippen molar-refractivity contribution in [2.45, 2.75) is 71.0 Å². The molecule has 214 valence electrons. The number of aryl methyl sites for hydroxylation is 2. The molecule has 7 nitrogen and oxygen atoms in total. The number of halogens is 1. The van der Waals surface area contributed by atoms with Gasteiger partial charge in [0.2, 0.25) is 11.8 Å². The zero-order valence-corrected chi connectivity index (χ0v) is 24.8. The molecule has 0 aliphatic carbocycles. The summed E-state index contributed by atoms with van der Waals surface area (Å²) in [6, 6.07) is 18.1. The predicted molar refractivity (Wildman–Crippen MR) is 156 cm³/mol. The number of rotatable bonds is 10. The van der Waals surface area contributed by atoms with Gasteiger partial charge in [-0.2, -0.15) is 0 Å². The monoisotopic (exact) mass is 567 g/mol. The summed E-state index contributed by atoms with van der Waals surface area (Å²) >= 11 is 0. The van der Waals surface area contributed by atoms with E-state index in [0.29, 0.717) is 23.2 Å². The molecule has 0 saturated carbocycles. The van der Waals surface area contributed by atoms with Gasteiger partial charge in [-0.1, -0.05) is 55.0 Å². The molecule has 1 N–H and O–H groups in total. The van der Waals surface area contributed by atoms with Crippen LogP contribution >= 0.6 is 0 Å². The van der Waals surface area contributed by atoms with Gasteiger partial charge in [0, 0.05) is 12.1 Å². The molecule has 3 rings (SSSR count). The highest BCUT2D eigenvalue weighted by molar-refractivity contribution is 7.92. The first-order chi connectivity index (χ1) is 18.7. The van der Waals surface area contributed by atoms with E-state index in [1.165, 1.54) is 29.2 Å². The van der Waals surface area contributed by atoms with Crippen LogP contribution in [0.4, 0.5) is 10.1 Å². The maximum absolute atomic E-state index is 14.1. The predicted octanol–water partition coefficient (Wildman–Crippen LogP) is 5.36. The lowest BCUT2D eigenvalue weighted by atomic mass is 10.1. The molecule has 0 aromatic heterocycles. The first kappa shape index (κ1) is 30.8. The van der Waals surface area contributed by atoms with Gasteiger partial charge in [0.15, 0.2) is 0 Å². The molecule has 1 atom stereocenters. The topological polar surface area (TPSA) is 86.8 Å². The summed E-state index contributed by atoms with van der Waals surface area (Å²) in [5, 5.41) is 2.93. The molecular weight excluding hydrogens is 529 g/mol. The van der Waals surface area contributed by atoms with Crippen LogP contribution in [-0.4, -0.2) is 43.3 Å². The molecule has 0 aliphatic rings. The van der Waals surface area contributed by atoms with E-state index >= 15 is 0 Å². The van der Waals surface area contributed by atoms with Crippen LogP contribution in [0.1, 0.15) is 50.8 Å². The van der Waals surface area contributed by atoms with E-state index in [9.17, 15) is 22.4 Å².